The highest BCUT2D eigenvalue weighted by Gasteiger charge is 2.22. The minimum absolute atomic E-state index is 0.0267. The molecule has 1 aliphatic heterocycles. The second kappa shape index (κ2) is 7.76. The van der Waals surface area contributed by atoms with Gasteiger partial charge in [0.05, 0.1) is 35.6 Å². The zero-order valence-corrected chi connectivity index (χ0v) is 16.2. The molecule has 9 nitrogen and oxygen atoms in total. The van der Waals surface area contributed by atoms with Crippen molar-refractivity contribution in [3.63, 3.8) is 0 Å². The SMILES string of the molecule is C=C(C)CN=c1scc(-c2ccco2)n1/N=C/c1cc2c(cc1[N+](=O)[O-])OCO2. The third-order valence-electron chi connectivity index (χ3n) is 3.97. The summed E-state index contributed by atoms with van der Waals surface area (Å²) in [5, 5.41) is 17.8. The summed E-state index contributed by atoms with van der Waals surface area (Å²) in [5.41, 5.74) is 1.74. The van der Waals surface area contributed by atoms with Crippen LogP contribution in [-0.4, -0.2) is 29.2 Å². The van der Waals surface area contributed by atoms with Crippen LogP contribution in [0.1, 0.15) is 12.5 Å². The van der Waals surface area contributed by atoms with E-state index in [1.165, 1.54) is 29.7 Å². The number of benzene rings is 1. The molecule has 0 fully saturated rings. The van der Waals surface area contributed by atoms with Crippen molar-refractivity contribution < 1.29 is 18.8 Å². The first-order valence-corrected chi connectivity index (χ1v) is 9.42. The maximum atomic E-state index is 11.5. The van der Waals surface area contributed by atoms with Crippen LogP contribution >= 0.6 is 11.3 Å². The molecule has 2 aromatic heterocycles. The van der Waals surface area contributed by atoms with E-state index in [0.717, 1.165) is 5.57 Å². The van der Waals surface area contributed by atoms with Gasteiger partial charge in [0.15, 0.2) is 17.3 Å². The van der Waals surface area contributed by atoms with E-state index in [9.17, 15) is 10.1 Å². The molecule has 0 spiro atoms. The second-order valence-electron chi connectivity index (χ2n) is 6.23. The molecule has 0 unspecified atom stereocenters. The molecule has 0 saturated carbocycles. The molecule has 0 amide bonds. The van der Waals surface area contributed by atoms with Gasteiger partial charge < -0.3 is 13.9 Å². The Morgan fingerprint density at radius 3 is 2.90 bits per heavy atom. The second-order valence-corrected chi connectivity index (χ2v) is 7.07. The summed E-state index contributed by atoms with van der Waals surface area (Å²) < 4.78 is 17.6. The van der Waals surface area contributed by atoms with Crippen LogP contribution < -0.4 is 14.3 Å². The summed E-state index contributed by atoms with van der Waals surface area (Å²) in [5.74, 6) is 1.38. The number of nitrogens with zero attached hydrogens (tertiary/aromatic N) is 4. The first-order chi connectivity index (χ1) is 14.0. The van der Waals surface area contributed by atoms with Gasteiger partial charge in [-0.05, 0) is 25.1 Å². The molecule has 4 rings (SSSR count). The Morgan fingerprint density at radius 2 is 2.21 bits per heavy atom. The minimum atomic E-state index is -0.485. The van der Waals surface area contributed by atoms with Gasteiger partial charge in [-0.15, -0.1) is 11.3 Å². The predicted molar refractivity (Wildman–Crippen MR) is 107 cm³/mol. The van der Waals surface area contributed by atoms with Crippen molar-refractivity contribution in [3.05, 3.63) is 68.5 Å². The Hall–Kier alpha value is -3.66. The molecule has 29 heavy (non-hydrogen) atoms. The fourth-order valence-corrected chi connectivity index (χ4v) is 3.46. The van der Waals surface area contributed by atoms with Gasteiger partial charge in [0.25, 0.3) is 5.69 Å². The number of rotatable bonds is 6. The number of thiazole rings is 1. The van der Waals surface area contributed by atoms with Crippen molar-refractivity contribution in [1.29, 1.82) is 0 Å². The van der Waals surface area contributed by atoms with Crippen molar-refractivity contribution >= 4 is 23.2 Å². The quantitative estimate of drug-likeness (QED) is 0.265. The Labute approximate surface area is 169 Å². The van der Waals surface area contributed by atoms with E-state index in [-0.39, 0.29) is 18.0 Å². The standard InChI is InChI=1S/C19H16N4O5S/c1-12(2)8-20-19-22(15(10-29-19)16-4-3-5-26-16)21-9-13-6-17-18(28-11-27-17)7-14(13)23(24)25/h3-7,9-10H,1,8,11H2,2H3/b20-19?,21-9+. The summed E-state index contributed by atoms with van der Waals surface area (Å²) in [6, 6.07) is 6.45. The van der Waals surface area contributed by atoms with E-state index in [1.807, 2.05) is 12.3 Å². The van der Waals surface area contributed by atoms with Crippen molar-refractivity contribution in [3.8, 4) is 23.0 Å². The van der Waals surface area contributed by atoms with Crippen molar-refractivity contribution in [2.75, 3.05) is 13.3 Å². The Balaban J connectivity index is 1.81. The van der Waals surface area contributed by atoms with E-state index in [2.05, 4.69) is 16.7 Å². The van der Waals surface area contributed by atoms with Crippen LogP contribution in [0.25, 0.3) is 11.5 Å². The minimum Gasteiger partial charge on any atom is -0.463 e. The average molecular weight is 412 g/mol. The van der Waals surface area contributed by atoms with E-state index in [1.54, 1.807) is 23.1 Å². The van der Waals surface area contributed by atoms with Crippen LogP contribution in [0, 0.1) is 10.1 Å². The highest BCUT2D eigenvalue weighted by molar-refractivity contribution is 7.07. The van der Waals surface area contributed by atoms with Crippen LogP contribution in [0.3, 0.4) is 0 Å². The maximum absolute atomic E-state index is 11.5. The van der Waals surface area contributed by atoms with E-state index >= 15 is 0 Å². The number of ether oxygens (including phenoxy) is 2. The molecule has 0 saturated heterocycles. The van der Waals surface area contributed by atoms with Gasteiger partial charge in [-0.25, -0.2) is 4.68 Å². The number of fused-ring (bicyclic) bond motifs is 1. The molecule has 3 heterocycles. The van der Waals surface area contributed by atoms with Gasteiger partial charge in [-0.3, -0.25) is 15.1 Å². The Kier molecular flexibility index (Phi) is 5.00. The first kappa shape index (κ1) is 18.7. The number of furan rings is 1. The lowest BCUT2D eigenvalue weighted by atomic mass is 10.1. The first-order valence-electron chi connectivity index (χ1n) is 8.54. The normalized spacial score (nSPS) is 13.3. The highest BCUT2D eigenvalue weighted by Crippen LogP contribution is 2.37. The number of nitro benzene ring substituents is 1. The molecule has 1 aromatic carbocycles. The highest BCUT2D eigenvalue weighted by atomic mass is 32.1. The molecule has 0 atom stereocenters. The van der Waals surface area contributed by atoms with E-state index in [4.69, 9.17) is 13.9 Å². The number of aromatic nitrogens is 1. The smallest absolute Gasteiger partial charge is 0.282 e. The molecule has 0 bridgehead atoms. The zero-order valence-electron chi connectivity index (χ0n) is 15.4. The lowest BCUT2D eigenvalue weighted by Gasteiger charge is -2.03. The monoisotopic (exact) mass is 412 g/mol. The van der Waals surface area contributed by atoms with Gasteiger partial charge in [-0.2, -0.15) is 5.10 Å². The average Bonchev–Trinajstić information content (AvgIpc) is 3.43. The summed E-state index contributed by atoms with van der Waals surface area (Å²) in [4.78, 5) is 16.1. The molecule has 0 aliphatic carbocycles. The number of hydrogen-bond donors (Lipinski definition) is 0. The molecule has 1 aliphatic rings. The summed E-state index contributed by atoms with van der Waals surface area (Å²) in [6.07, 6.45) is 2.97. The maximum Gasteiger partial charge on any atom is 0.282 e. The topological polar surface area (TPSA) is 104 Å². The van der Waals surface area contributed by atoms with Gasteiger partial charge in [0, 0.05) is 5.38 Å². The van der Waals surface area contributed by atoms with Gasteiger partial charge in [0.1, 0.15) is 5.69 Å². The summed E-state index contributed by atoms with van der Waals surface area (Å²) >= 11 is 1.39. The lowest BCUT2D eigenvalue weighted by Crippen LogP contribution is -2.13. The number of hydrogen-bond acceptors (Lipinski definition) is 8. The number of nitro groups is 1. The van der Waals surface area contributed by atoms with Crippen LogP contribution in [-0.2, 0) is 0 Å². The molecule has 0 N–H and O–H groups in total. The van der Waals surface area contributed by atoms with Crippen LogP contribution in [0.4, 0.5) is 5.69 Å². The Morgan fingerprint density at radius 1 is 1.41 bits per heavy atom. The van der Waals surface area contributed by atoms with Gasteiger partial charge in [-0.1, -0.05) is 12.2 Å². The van der Waals surface area contributed by atoms with Gasteiger partial charge in [0.2, 0.25) is 11.6 Å². The fraction of sp³-hybridized carbons (Fsp3) is 0.158. The molecular weight excluding hydrogens is 396 g/mol. The fourth-order valence-electron chi connectivity index (χ4n) is 2.65. The molecule has 3 aromatic rings. The molecule has 0 radical (unpaired) electrons. The van der Waals surface area contributed by atoms with Crippen molar-refractivity contribution in [1.82, 2.24) is 4.68 Å². The van der Waals surface area contributed by atoms with Crippen molar-refractivity contribution in [2.45, 2.75) is 6.92 Å². The summed E-state index contributed by atoms with van der Waals surface area (Å²) in [6.45, 7) is 6.21. The zero-order chi connectivity index (χ0) is 20.4. The van der Waals surface area contributed by atoms with E-state index in [0.29, 0.717) is 34.3 Å². The van der Waals surface area contributed by atoms with Crippen LogP contribution in [0.15, 0.2) is 62.6 Å². The molecule has 10 heteroatoms. The van der Waals surface area contributed by atoms with Crippen LogP contribution in [0.5, 0.6) is 11.5 Å². The van der Waals surface area contributed by atoms with Crippen molar-refractivity contribution in [2.24, 2.45) is 10.1 Å². The lowest BCUT2D eigenvalue weighted by molar-refractivity contribution is -0.385. The molecule has 148 valence electrons. The predicted octanol–water partition coefficient (Wildman–Crippen LogP) is 3.81. The molecular formula is C19H16N4O5S. The Bertz CT molecular complexity index is 1170. The summed E-state index contributed by atoms with van der Waals surface area (Å²) in [7, 11) is 0. The van der Waals surface area contributed by atoms with E-state index < -0.39 is 4.92 Å². The largest absolute Gasteiger partial charge is 0.463 e. The third-order valence-corrected chi connectivity index (χ3v) is 4.83. The third kappa shape index (κ3) is 3.83. The van der Waals surface area contributed by atoms with Gasteiger partial charge >= 0.3 is 0 Å². The van der Waals surface area contributed by atoms with Crippen LogP contribution in [0.2, 0.25) is 0 Å².